The maximum absolute atomic E-state index is 13.5. The van der Waals surface area contributed by atoms with Crippen LogP contribution in [0.1, 0.15) is 53.7 Å². The minimum absolute atomic E-state index is 0.128. The van der Waals surface area contributed by atoms with Crippen LogP contribution < -0.4 is 5.32 Å². The van der Waals surface area contributed by atoms with E-state index in [0.29, 0.717) is 11.2 Å². The molecular weight excluding hydrogens is 446 g/mol. The lowest BCUT2D eigenvalue weighted by atomic mass is 10.1. The largest absolute Gasteiger partial charge is 0.345 e. The average molecular weight is 472 g/mol. The highest BCUT2D eigenvalue weighted by atomic mass is 32.1. The number of aryl methyl sites for hydroxylation is 1. The van der Waals surface area contributed by atoms with Crippen LogP contribution in [0.4, 0.5) is 0 Å². The first kappa shape index (κ1) is 22.0. The molecule has 1 atom stereocenters. The number of rotatable bonds is 6. The predicted octanol–water partition coefficient (Wildman–Crippen LogP) is 5.12. The number of hydrogen-bond donors (Lipinski definition) is 1. The first-order chi connectivity index (χ1) is 16.4. The number of nitrogens with zero attached hydrogens (tertiary/aromatic N) is 6. The number of amides is 1. The summed E-state index contributed by atoms with van der Waals surface area (Å²) in [5.41, 5.74) is 3.97. The molecule has 0 spiro atoms. The smallest absolute Gasteiger partial charge is 0.252 e. The van der Waals surface area contributed by atoms with Gasteiger partial charge in [-0.1, -0.05) is 12.1 Å². The SMILES string of the molecule is Cc1ccc(-c2cc(C(=O)NC(C)c3ccc(-n4cncn4)cc3)c3cnn(C(C)C)c3n2)s1. The predicted molar refractivity (Wildman–Crippen MR) is 133 cm³/mol. The van der Waals surface area contributed by atoms with Gasteiger partial charge in [-0.2, -0.15) is 10.2 Å². The summed E-state index contributed by atoms with van der Waals surface area (Å²) in [7, 11) is 0. The van der Waals surface area contributed by atoms with E-state index in [2.05, 4.69) is 47.3 Å². The molecule has 0 saturated carbocycles. The fraction of sp³-hybridized carbons (Fsp3) is 0.240. The molecular formula is C25H25N7OS. The van der Waals surface area contributed by atoms with E-state index in [4.69, 9.17) is 4.98 Å². The molecule has 0 bridgehead atoms. The minimum atomic E-state index is -0.187. The van der Waals surface area contributed by atoms with Crippen molar-refractivity contribution >= 4 is 28.3 Å². The zero-order chi connectivity index (χ0) is 23.8. The Labute approximate surface area is 201 Å². The van der Waals surface area contributed by atoms with Crippen molar-refractivity contribution in [3.05, 3.63) is 77.3 Å². The Bertz CT molecular complexity index is 1450. The first-order valence-electron chi connectivity index (χ1n) is 11.1. The highest BCUT2D eigenvalue weighted by Gasteiger charge is 2.20. The third kappa shape index (κ3) is 4.10. The van der Waals surface area contributed by atoms with Crippen LogP contribution in [-0.4, -0.2) is 35.4 Å². The number of thiophene rings is 1. The summed E-state index contributed by atoms with van der Waals surface area (Å²) in [4.78, 5) is 24.5. The Morgan fingerprint density at radius 1 is 1.06 bits per heavy atom. The van der Waals surface area contributed by atoms with Crippen molar-refractivity contribution in [2.75, 3.05) is 0 Å². The van der Waals surface area contributed by atoms with E-state index in [0.717, 1.165) is 27.2 Å². The van der Waals surface area contributed by atoms with E-state index in [9.17, 15) is 4.79 Å². The Morgan fingerprint density at radius 3 is 2.50 bits per heavy atom. The topological polar surface area (TPSA) is 90.5 Å². The van der Waals surface area contributed by atoms with Crippen molar-refractivity contribution < 1.29 is 4.79 Å². The van der Waals surface area contributed by atoms with Crippen molar-refractivity contribution in [3.63, 3.8) is 0 Å². The van der Waals surface area contributed by atoms with E-state index in [-0.39, 0.29) is 18.0 Å². The molecule has 5 aromatic rings. The molecule has 172 valence electrons. The van der Waals surface area contributed by atoms with Gasteiger partial charge in [-0.15, -0.1) is 11.3 Å². The number of carbonyl (C=O) groups is 1. The number of fused-ring (bicyclic) bond motifs is 1. The lowest BCUT2D eigenvalue weighted by Crippen LogP contribution is -2.27. The van der Waals surface area contributed by atoms with Gasteiger partial charge in [0.1, 0.15) is 12.7 Å². The van der Waals surface area contributed by atoms with Gasteiger partial charge in [0.25, 0.3) is 5.91 Å². The molecule has 34 heavy (non-hydrogen) atoms. The molecule has 0 fully saturated rings. The van der Waals surface area contributed by atoms with Crippen molar-refractivity contribution in [1.82, 2.24) is 34.8 Å². The van der Waals surface area contributed by atoms with Crippen LogP contribution in [0.2, 0.25) is 0 Å². The highest BCUT2D eigenvalue weighted by Crippen LogP contribution is 2.31. The number of aromatic nitrogens is 6. The minimum Gasteiger partial charge on any atom is -0.345 e. The summed E-state index contributed by atoms with van der Waals surface area (Å²) in [6.07, 6.45) is 4.89. The van der Waals surface area contributed by atoms with E-state index >= 15 is 0 Å². The number of carbonyl (C=O) groups excluding carboxylic acids is 1. The second kappa shape index (κ2) is 8.83. The number of hydrogen-bond acceptors (Lipinski definition) is 6. The average Bonchev–Trinajstić information content (AvgIpc) is 3.59. The Kier molecular flexibility index (Phi) is 5.70. The van der Waals surface area contributed by atoms with Gasteiger partial charge in [-0.25, -0.2) is 19.3 Å². The molecule has 4 aromatic heterocycles. The second-order valence-corrected chi connectivity index (χ2v) is 9.80. The van der Waals surface area contributed by atoms with Gasteiger partial charge in [0.05, 0.1) is 39.4 Å². The summed E-state index contributed by atoms with van der Waals surface area (Å²) in [6, 6.07) is 13.8. The van der Waals surface area contributed by atoms with Crippen LogP contribution in [0, 0.1) is 6.92 Å². The van der Waals surface area contributed by atoms with Gasteiger partial charge in [0.2, 0.25) is 0 Å². The fourth-order valence-electron chi connectivity index (χ4n) is 3.90. The number of benzene rings is 1. The summed E-state index contributed by atoms with van der Waals surface area (Å²) < 4.78 is 3.56. The molecule has 0 aliphatic heterocycles. The Hall–Kier alpha value is -3.85. The standard InChI is InChI=1S/C25H25N7OS/c1-15(2)32-24-21(12-27-32)20(11-22(30-24)23-10-5-16(3)34-23)25(33)29-17(4)18-6-8-19(9-7-18)31-14-26-13-28-31/h5-15,17H,1-4H3,(H,29,33). The molecule has 0 aliphatic carbocycles. The quantitative estimate of drug-likeness (QED) is 0.371. The van der Waals surface area contributed by atoms with Crippen molar-refractivity contribution in [2.45, 2.75) is 39.8 Å². The van der Waals surface area contributed by atoms with Crippen LogP contribution in [0.5, 0.6) is 0 Å². The molecule has 0 radical (unpaired) electrons. The summed E-state index contributed by atoms with van der Waals surface area (Å²) in [6.45, 7) is 8.15. The van der Waals surface area contributed by atoms with Crippen molar-refractivity contribution in [2.24, 2.45) is 0 Å². The molecule has 0 saturated heterocycles. The summed E-state index contributed by atoms with van der Waals surface area (Å²) in [5, 5.41) is 12.6. The Morgan fingerprint density at radius 2 is 1.85 bits per heavy atom. The van der Waals surface area contributed by atoms with E-state index in [1.165, 1.54) is 11.2 Å². The molecule has 5 rings (SSSR count). The highest BCUT2D eigenvalue weighted by molar-refractivity contribution is 7.15. The number of nitrogens with one attached hydrogen (secondary N) is 1. The molecule has 4 heterocycles. The van der Waals surface area contributed by atoms with E-state index in [1.807, 2.05) is 48.0 Å². The molecule has 1 aromatic carbocycles. The van der Waals surface area contributed by atoms with Gasteiger partial charge in [-0.3, -0.25) is 4.79 Å². The van der Waals surface area contributed by atoms with Gasteiger partial charge in [-0.05, 0) is 63.6 Å². The van der Waals surface area contributed by atoms with Gasteiger partial charge >= 0.3 is 0 Å². The zero-order valence-electron chi connectivity index (χ0n) is 19.4. The lowest BCUT2D eigenvalue weighted by molar-refractivity contribution is 0.0941. The summed E-state index contributed by atoms with van der Waals surface area (Å²) >= 11 is 1.66. The van der Waals surface area contributed by atoms with Crippen molar-refractivity contribution in [3.8, 4) is 16.3 Å². The van der Waals surface area contributed by atoms with E-state index < -0.39 is 0 Å². The Balaban J connectivity index is 1.47. The van der Waals surface area contributed by atoms with Gasteiger partial charge < -0.3 is 5.32 Å². The summed E-state index contributed by atoms with van der Waals surface area (Å²) in [5.74, 6) is -0.155. The fourth-order valence-corrected chi connectivity index (χ4v) is 4.73. The molecule has 1 N–H and O–H groups in total. The molecule has 9 heteroatoms. The van der Waals surface area contributed by atoms with Crippen LogP contribution in [0.25, 0.3) is 27.3 Å². The third-order valence-corrected chi connectivity index (χ3v) is 6.74. The van der Waals surface area contributed by atoms with Crippen LogP contribution in [0.3, 0.4) is 0 Å². The van der Waals surface area contributed by atoms with E-state index in [1.54, 1.807) is 28.5 Å². The lowest BCUT2D eigenvalue weighted by Gasteiger charge is -2.16. The number of pyridine rings is 1. The monoisotopic (exact) mass is 471 g/mol. The zero-order valence-corrected chi connectivity index (χ0v) is 20.2. The van der Waals surface area contributed by atoms with Crippen LogP contribution in [0.15, 0.2) is 61.3 Å². The first-order valence-corrected chi connectivity index (χ1v) is 11.9. The molecule has 0 aliphatic rings. The maximum Gasteiger partial charge on any atom is 0.252 e. The second-order valence-electron chi connectivity index (χ2n) is 8.51. The molecule has 1 amide bonds. The van der Waals surface area contributed by atoms with Gasteiger partial charge in [0.15, 0.2) is 5.65 Å². The van der Waals surface area contributed by atoms with Gasteiger partial charge in [0, 0.05) is 10.9 Å². The normalized spacial score (nSPS) is 12.4. The molecule has 1 unspecified atom stereocenters. The molecule has 8 nitrogen and oxygen atoms in total. The van der Waals surface area contributed by atoms with Crippen molar-refractivity contribution in [1.29, 1.82) is 0 Å². The third-order valence-electron chi connectivity index (χ3n) is 5.72. The van der Waals surface area contributed by atoms with Crippen LogP contribution >= 0.6 is 11.3 Å². The maximum atomic E-state index is 13.5. The van der Waals surface area contributed by atoms with Crippen LogP contribution in [-0.2, 0) is 0 Å².